The normalized spacial score (nSPS) is 17.3. The molecule has 1 aromatic carbocycles. The summed E-state index contributed by atoms with van der Waals surface area (Å²) in [5.41, 5.74) is 8.03. The maximum absolute atomic E-state index is 12.4. The monoisotopic (exact) mass is 314 g/mol. The van der Waals surface area contributed by atoms with Gasteiger partial charge in [0.05, 0.1) is 17.6 Å². The maximum Gasteiger partial charge on any atom is 0.220 e. The van der Waals surface area contributed by atoms with E-state index in [-0.39, 0.29) is 11.3 Å². The van der Waals surface area contributed by atoms with Gasteiger partial charge >= 0.3 is 0 Å². The number of benzene rings is 1. The highest BCUT2D eigenvalue weighted by atomic mass is 16.1. The van der Waals surface area contributed by atoms with Crippen LogP contribution in [0.5, 0.6) is 0 Å². The van der Waals surface area contributed by atoms with E-state index in [1.54, 1.807) is 0 Å². The first-order valence-electron chi connectivity index (χ1n) is 8.51. The second-order valence-electron chi connectivity index (χ2n) is 6.79. The molecular formula is C18H26N4O. The molecule has 1 aliphatic rings. The van der Waals surface area contributed by atoms with Crippen molar-refractivity contribution in [2.45, 2.75) is 45.1 Å². The Labute approximate surface area is 137 Å². The van der Waals surface area contributed by atoms with Crippen LogP contribution in [0.15, 0.2) is 24.3 Å². The van der Waals surface area contributed by atoms with Crippen molar-refractivity contribution in [3.63, 3.8) is 0 Å². The lowest BCUT2D eigenvalue weighted by Gasteiger charge is -2.35. The van der Waals surface area contributed by atoms with Crippen LogP contribution in [0.1, 0.15) is 44.3 Å². The quantitative estimate of drug-likeness (QED) is 0.890. The Kier molecular flexibility index (Phi) is 4.66. The molecule has 1 fully saturated rings. The number of nitrogens with zero attached hydrogens (tertiary/aromatic N) is 2. The average Bonchev–Trinajstić information content (AvgIpc) is 2.90. The predicted octanol–water partition coefficient (Wildman–Crippen LogP) is 2.49. The molecular weight excluding hydrogens is 288 g/mol. The number of hydrogen-bond donors (Lipinski definition) is 2. The van der Waals surface area contributed by atoms with Gasteiger partial charge in [-0.1, -0.05) is 31.4 Å². The van der Waals surface area contributed by atoms with Crippen LogP contribution < -0.4 is 11.1 Å². The predicted molar refractivity (Wildman–Crippen MR) is 91.8 cm³/mol. The highest BCUT2D eigenvalue weighted by Gasteiger charge is 2.32. The van der Waals surface area contributed by atoms with Gasteiger partial charge in [0.15, 0.2) is 0 Å². The molecule has 5 nitrogen and oxygen atoms in total. The molecule has 0 spiro atoms. The Morgan fingerprint density at radius 3 is 2.74 bits per heavy atom. The van der Waals surface area contributed by atoms with E-state index in [1.165, 1.54) is 19.3 Å². The lowest BCUT2D eigenvalue weighted by atomic mass is 9.71. The first-order valence-corrected chi connectivity index (χ1v) is 8.51. The fraction of sp³-hybridized carbons (Fsp3) is 0.556. The Hall–Kier alpha value is -1.88. The van der Waals surface area contributed by atoms with E-state index in [0.717, 1.165) is 29.7 Å². The molecule has 2 aromatic rings. The number of nitrogens with one attached hydrogen (secondary N) is 1. The molecule has 124 valence electrons. The van der Waals surface area contributed by atoms with Gasteiger partial charge in [-0.25, -0.2) is 4.98 Å². The van der Waals surface area contributed by atoms with E-state index in [0.29, 0.717) is 19.5 Å². The number of nitrogens with two attached hydrogens (primary N) is 1. The average molecular weight is 314 g/mol. The number of imidazole rings is 1. The topological polar surface area (TPSA) is 72.9 Å². The summed E-state index contributed by atoms with van der Waals surface area (Å²) in [7, 11) is 1.99. The number of rotatable bonds is 5. The van der Waals surface area contributed by atoms with Crippen LogP contribution in [0, 0.1) is 5.41 Å². The van der Waals surface area contributed by atoms with E-state index in [9.17, 15) is 4.79 Å². The largest absolute Gasteiger partial charge is 0.349 e. The zero-order chi connectivity index (χ0) is 16.3. The molecule has 0 aliphatic heterocycles. The third-order valence-electron chi connectivity index (χ3n) is 5.21. The van der Waals surface area contributed by atoms with Crippen LogP contribution in [0.4, 0.5) is 0 Å². The number of fused-ring (bicyclic) bond motifs is 1. The van der Waals surface area contributed by atoms with Gasteiger partial charge in [0, 0.05) is 13.5 Å². The molecule has 0 saturated heterocycles. The fourth-order valence-electron chi connectivity index (χ4n) is 3.69. The van der Waals surface area contributed by atoms with Gasteiger partial charge in [0.2, 0.25) is 5.91 Å². The molecule has 23 heavy (non-hydrogen) atoms. The van der Waals surface area contributed by atoms with Crippen molar-refractivity contribution in [3.05, 3.63) is 30.1 Å². The van der Waals surface area contributed by atoms with Gasteiger partial charge in [-0.2, -0.15) is 0 Å². The fourth-order valence-corrected chi connectivity index (χ4v) is 3.69. The van der Waals surface area contributed by atoms with E-state index >= 15 is 0 Å². The molecule has 0 radical (unpaired) electrons. The first-order chi connectivity index (χ1) is 11.1. The van der Waals surface area contributed by atoms with Gasteiger partial charge in [0.25, 0.3) is 0 Å². The molecule has 0 unspecified atom stereocenters. The highest BCUT2D eigenvalue weighted by molar-refractivity contribution is 5.78. The highest BCUT2D eigenvalue weighted by Crippen LogP contribution is 2.38. The second kappa shape index (κ2) is 6.71. The second-order valence-corrected chi connectivity index (χ2v) is 6.79. The van der Waals surface area contributed by atoms with Crippen molar-refractivity contribution in [1.82, 2.24) is 14.9 Å². The lowest BCUT2D eigenvalue weighted by Crippen LogP contribution is -2.38. The summed E-state index contributed by atoms with van der Waals surface area (Å²) in [5.74, 6) is 0.967. The smallest absolute Gasteiger partial charge is 0.220 e. The summed E-state index contributed by atoms with van der Waals surface area (Å²) in [5, 5.41) is 3.03. The summed E-state index contributed by atoms with van der Waals surface area (Å²) >= 11 is 0. The SMILES string of the molecule is Cn1c(CNC(=O)CC2(CN)CCCCC2)nc2ccccc21. The molecule has 1 aliphatic carbocycles. The van der Waals surface area contributed by atoms with Crippen molar-refractivity contribution >= 4 is 16.9 Å². The summed E-state index contributed by atoms with van der Waals surface area (Å²) in [6, 6.07) is 8.01. The number of carbonyl (C=O) groups excluding carboxylic acids is 1. The maximum atomic E-state index is 12.4. The zero-order valence-electron chi connectivity index (χ0n) is 13.8. The van der Waals surface area contributed by atoms with Crippen molar-refractivity contribution in [2.75, 3.05) is 6.54 Å². The summed E-state index contributed by atoms with van der Waals surface area (Å²) in [6.45, 7) is 1.07. The Morgan fingerprint density at radius 2 is 2.04 bits per heavy atom. The van der Waals surface area contributed by atoms with Gasteiger partial charge in [0.1, 0.15) is 5.82 Å². The van der Waals surface area contributed by atoms with Crippen molar-refractivity contribution in [3.8, 4) is 0 Å². The number of aromatic nitrogens is 2. The van der Waals surface area contributed by atoms with Crippen molar-refractivity contribution in [2.24, 2.45) is 18.2 Å². The van der Waals surface area contributed by atoms with Crippen LogP contribution in [0.3, 0.4) is 0 Å². The van der Waals surface area contributed by atoms with Crippen LogP contribution in [0.2, 0.25) is 0 Å². The minimum absolute atomic E-state index is 0.00862. The molecule has 5 heteroatoms. The third-order valence-corrected chi connectivity index (χ3v) is 5.21. The summed E-state index contributed by atoms with van der Waals surface area (Å²) in [4.78, 5) is 17.0. The van der Waals surface area contributed by atoms with E-state index in [2.05, 4.69) is 10.3 Å². The van der Waals surface area contributed by atoms with Gasteiger partial charge < -0.3 is 15.6 Å². The molecule has 1 aromatic heterocycles. The Morgan fingerprint density at radius 1 is 1.30 bits per heavy atom. The number of para-hydroxylation sites is 2. The van der Waals surface area contributed by atoms with Crippen molar-refractivity contribution in [1.29, 1.82) is 0 Å². The Bertz CT molecular complexity index is 685. The molecule has 1 amide bonds. The minimum atomic E-state index is 0.00862. The number of carbonyl (C=O) groups is 1. The number of hydrogen-bond acceptors (Lipinski definition) is 3. The van der Waals surface area contributed by atoms with E-state index in [1.807, 2.05) is 35.9 Å². The van der Waals surface area contributed by atoms with Crippen LogP contribution in [0.25, 0.3) is 11.0 Å². The standard InChI is InChI=1S/C18H26N4O/c1-22-15-8-4-3-7-14(15)21-16(22)12-20-17(23)11-18(13-19)9-5-2-6-10-18/h3-4,7-8H,2,5-6,9-13,19H2,1H3,(H,20,23). The summed E-state index contributed by atoms with van der Waals surface area (Å²) in [6.07, 6.45) is 6.33. The molecule has 0 atom stereocenters. The van der Waals surface area contributed by atoms with Gasteiger partial charge in [-0.3, -0.25) is 4.79 Å². The van der Waals surface area contributed by atoms with Gasteiger partial charge in [-0.05, 0) is 36.9 Å². The minimum Gasteiger partial charge on any atom is -0.349 e. The molecule has 3 N–H and O–H groups in total. The van der Waals surface area contributed by atoms with E-state index in [4.69, 9.17) is 5.73 Å². The van der Waals surface area contributed by atoms with E-state index < -0.39 is 0 Å². The van der Waals surface area contributed by atoms with Crippen LogP contribution >= 0.6 is 0 Å². The molecule has 1 heterocycles. The zero-order valence-corrected chi connectivity index (χ0v) is 13.8. The number of amides is 1. The van der Waals surface area contributed by atoms with Gasteiger partial charge in [-0.15, -0.1) is 0 Å². The van der Waals surface area contributed by atoms with Crippen LogP contribution in [-0.4, -0.2) is 22.0 Å². The lowest BCUT2D eigenvalue weighted by molar-refractivity contribution is -0.124. The molecule has 3 rings (SSSR count). The Balaban J connectivity index is 1.62. The third kappa shape index (κ3) is 3.39. The van der Waals surface area contributed by atoms with Crippen LogP contribution in [-0.2, 0) is 18.4 Å². The van der Waals surface area contributed by atoms with Crippen molar-refractivity contribution < 1.29 is 4.79 Å². The first kappa shape index (κ1) is 16.0. The summed E-state index contributed by atoms with van der Waals surface area (Å²) < 4.78 is 2.04. The molecule has 1 saturated carbocycles. The number of aryl methyl sites for hydroxylation is 1. The molecule has 0 bridgehead atoms.